The number of hydrogen-bond acceptors (Lipinski definition) is 3. The van der Waals surface area contributed by atoms with Gasteiger partial charge in [-0.25, -0.2) is 4.98 Å². The van der Waals surface area contributed by atoms with Gasteiger partial charge < -0.3 is 15.6 Å². The average Bonchev–Trinajstić information content (AvgIpc) is 2.87. The molecule has 1 amide bonds. The van der Waals surface area contributed by atoms with Gasteiger partial charge in [0.2, 0.25) is 0 Å². The fourth-order valence-electron chi connectivity index (χ4n) is 2.31. The first-order chi connectivity index (χ1) is 7.67. The van der Waals surface area contributed by atoms with E-state index in [1.807, 2.05) is 7.05 Å². The molecule has 0 spiro atoms. The van der Waals surface area contributed by atoms with Crippen molar-refractivity contribution in [2.75, 3.05) is 6.54 Å². The summed E-state index contributed by atoms with van der Waals surface area (Å²) in [7, 11) is 1.81. The van der Waals surface area contributed by atoms with E-state index < -0.39 is 0 Å². The van der Waals surface area contributed by atoms with Gasteiger partial charge in [0, 0.05) is 26.0 Å². The molecule has 1 aromatic heterocycles. The number of nitrogens with one attached hydrogen (secondary N) is 1. The molecule has 1 saturated carbocycles. The molecule has 1 aliphatic rings. The van der Waals surface area contributed by atoms with Crippen LogP contribution in [-0.2, 0) is 7.05 Å². The Labute approximate surface area is 95.0 Å². The van der Waals surface area contributed by atoms with Crippen molar-refractivity contribution in [2.24, 2.45) is 12.8 Å². The van der Waals surface area contributed by atoms with E-state index in [1.54, 1.807) is 17.0 Å². The maximum absolute atomic E-state index is 12.0. The number of nitrogens with zero attached hydrogens (tertiary/aromatic N) is 2. The van der Waals surface area contributed by atoms with Crippen LogP contribution < -0.4 is 11.1 Å². The average molecular weight is 222 g/mol. The number of amides is 1. The van der Waals surface area contributed by atoms with E-state index in [-0.39, 0.29) is 11.4 Å². The maximum Gasteiger partial charge on any atom is 0.287 e. The van der Waals surface area contributed by atoms with Gasteiger partial charge in [-0.1, -0.05) is 12.8 Å². The lowest BCUT2D eigenvalue weighted by Crippen LogP contribution is -2.52. The molecule has 5 heteroatoms. The Hall–Kier alpha value is -1.36. The lowest BCUT2D eigenvalue weighted by molar-refractivity contribution is 0.0889. The maximum atomic E-state index is 12.0. The zero-order chi connectivity index (χ0) is 11.6. The van der Waals surface area contributed by atoms with Gasteiger partial charge in [-0.3, -0.25) is 4.79 Å². The molecule has 1 aliphatic carbocycles. The van der Waals surface area contributed by atoms with E-state index in [4.69, 9.17) is 5.73 Å². The smallest absolute Gasteiger partial charge is 0.287 e. The lowest BCUT2D eigenvalue weighted by Gasteiger charge is -2.28. The largest absolute Gasteiger partial charge is 0.343 e. The highest BCUT2D eigenvalue weighted by atomic mass is 16.2. The summed E-state index contributed by atoms with van der Waals surface area (Å²) >= 11 is 0. The minimum atomic E-state index is -0.205. The Morgan fingerprint density at radius 3 is 2.81 bits per heavy atom. The number of aryl methyl sites for hydroxylation is 1. The molecule has 88 valence electrons. The van der Waals surface area contributed by atoms with Crippen LogP contribution in [-0.4, -0.2) is 27.5 Å². The molecule has 0 aromatic carbocycles. The SMILES string of the molecule is Cn1ccnc1C(=O)NC1(CN)CCCC1. The Morgan fingerprint density at radius 2 is 2.31 bits per heavy atom. The van der Waals surface area contributed by atoms with E-state index in [1.165, 1.54) is 0 Å². The predicted molar refractivity (Wildman–Crippen MR) is 60.9 cm³/mol. The highest BCUT2D eigenvalue weighted by Crippen LogP contribution is 2.28. The second-order valence-corrected chi connectivity index (χ2v) is 4.51. The molecule has 5 nitrogen and oxygen atoms in total. The van der Waals surface area contributed by atoms with E-state index in [9.17, 15) is 4.79 Å². The molecule has 1 aromatic rings. The number of nitrogens with two attached hydrogens (primary N) is 1. The lowest BCUT2D eigenvalue weighted by atomic mass is 9.98. The summed E-state index contributed by atoms with van der Waals surface area (Å²) in [6, 6.07) is 0. The molecule has 0 saturated heterocycles. The van der Waals surface area contributed by atoms with E-state index in [0.717, 1.165) is 25.7 Å². The monoisotopic (exact) mass is 222 g/mol. The normalized spacial score (nSPS) is 18.6. The summed E-state index contributed by atoms with van der Waals surface area (Å²) in [5, 5.41) is 3.04. The molecule has 2 rings (SSSR count). The van der Waals surface area contributed by atoms with Crippen molar-refractivity contribution < 1.29 is 4.79 Å². The first-order valence-electron chi connectivity index (χ1n) is 5.67. The van der Waals surface area contributed by atoms with Crippen LogP contribution in [0, 0.1) is 0 Å². The third-order valence-corrected chi connectivity index (χ3v) is 3.35. The number of hydrogen-bond donors (Lipinski definition) is 2. The summed E-state index contributed by atoms with van der Waals surface area (Å²) in [6.45, 7) is 0.503. The second kappa shape index (κ2) is 4.25. The van der Waals surface area contributed by atoms with Gasteiger partial charge in [0.25, 0.3) is 5.91 Å². The predicted octanol–water partition coefficient (Wildman–Crippen LogP) is 0.421. The van der Waals surface area contributed by atoms with Gasteiger partial charge in [-0.15, -0.1) is 0 Å². The molecule has 1 heterocycles. The first-order valence-corrected chi connectivity index (χ1v) is 5.67. The highest BCUT2D eigenvalue weighted by Gasteiger charge is 2.34. The molecule has 16 heavy (non-hydrogen) atoms. The van der Waals surface area contributed by atoms with Crippen LogP contribution in [0.5, 0.6) is 0 Å². The van der Waals surface area contributed by atoms with Gasteiger partial charge in [0.05, 0.1) is 5.54 Å². The number of aromatic nitrogens is 2. The van der Waals surface area contributed by atoms with Crippen molar-refractivity contribution in [1.29, 1.82) is 0 Å². The van der Waals surface area contributed by atoms with Gasteiger partial charge in [0.15, 0.2) is 5.82 Å². The third kappa shape index (κ3) is 1.95. The summed E-state index contributed by atoms with van der Waals surface area (Å²) < 4.78 is 1.72. The molecule has 0 aliphatic heterocycles. The Balaban J connectivity index is 2.09. The Morgan fingerprint density at radius 1 is 1.62 bits per heavy atom. The van der Waals surface area contributed by atoms with Gasteiger partial charge in [-0.2, -0.15) is 0 Å². The van der Waals surface area contributed by atoms with E-state index >= 15 is 0 Å². The minimum Gasteiger partial charge on any atom is -0.343 e. The van der Waals surface area contributed by atoms with Crippen LogP contribution in [0.4, 0.5) is 0 Å². The van der Waals surface area contributed by atoms with E-state index in [2.05, 4.69) is 10.3 Å². The van der Waals surface area contributed by atoms with Crippen LogP contribution in [0.1, 0.15) is 36.3 Å². The molecule has 0 atom stereocenters. The number of imidazole rings is 1. The van der Waals surface area contributed by atoms with Crippen molar-refractivity contribution in [1.82, 2.24) is 14.9 Å². The van der Waals surface area contributed by atoms with Crippen LogP contribution in [0.25, 0.3) is 0 Å². The Kier molecular flexibility index (Phi) is 2.96. The fraction of sp³-hybridized carbons (Fsp3) is 0.636. The summed E-state index contributed by atoms with van der Waals surface area (Å²) in [5.41, 5.74) is 5.56. The van der Waals surface area contributed by atoms with Gasteiger partial charge in [0.1, 0.15) is 0 Å². The van der Waals surface area contributed by atoms with Crippen molar-refractivity contribution in [3.05, 3.63) is 18.2 Å². The molecular weight excluding hydrogens is 204 g/mol. The third-order valence-electron chi connectivity index (χ3n) is 3.35. The first kappa shape index (κ1) is 11.1. The molecular formula is C11H18N4O. The summed E-state index contributed by atoms with van der Waals surface area (Å²) in [6.07, 6.45) is 7.60. The standard InChI is InChI=1S/C11H18N4O/c1-15-7-6-13-9(15)10(16)14-11(8-12)4-2-3-5-11/h6-7H,2-5,8,12H2,1H3,(H,14,16). The second-order valence-electron chi connectivity index (χ2n) is 4.51. The zero-order valence-corrected chi connectivity index (χ0v) is 9.57. The zero-order valence-electron chi connectivity index (χ0n) is 9.57. The minimum absolute atomic E-state index is 0.125. The topological polar surface area (TPSA) is 72.9 Å². The van der Waals surface area contributed by atoms with Gasteiger partial charge >= 0.3 is 0 Å². The number of carbonyl (C=O) groups excluding carboxylic acids is 1. The van der Waals surface area contributed by atoms with Gasteiger partial charge in [-0.05, 0) is 12.8 Å². The van der Waals surface area contributed by atoms with Crippen molar-refractivity contribution in [2.45, 2.75) is 31.2 Å². The fourth-order valence-corrected chi connectivity index (χ4v) is 2.31. The summed E-state index contributed by atoms with van der Waals surface area (Å²) in [4.78, 5) is 16.0. The summed E-state index contributed by atoms with van der Waals surface area (Å²) in [5.74, 6) is 0.319. The number of carbonyl (C=O) groups is 1. The molecule has 1 fully saturated rings. The highest BCUT2D eigenvalue weighted by molar-refractivity contribution is 5.91. The molecule has 3 N–H and O–H groups in total. The molecule has 0 unspecified atom stereocenters. The van der Waals surface area contributed by atoms with Crippen molar-refractivity contribution >= 4 is 5.91 Å². The number of rotatable bonds is 3. The van der Waals surface area contributed by atoms with Crippen molar-refractivity contribution in [3.63, 3.8) is 0 Å². The van der Waals surface area contributed by atoms with E-state index in [0.29, 0.717) is 12.4 Å². The molecule has 0 bridgehead atoms. The van der Waals surface area contributed by atoms with Crippen LogP contribution in [0.3, 0.4) is 0 Å². The van der Waals surface area contributed by atoms with Crippen molar-refractivity contribution in [3.8, 4) is 0 Å². The van der Waals surface area contributed by atoms with Crippen LogP contribution in [0.15, 0.2) is 12.4 Å². The van der Waals surface area contributed by atoms with Crippen LogP contribution in [0.2, 0.25) is 0 Å². The van der Waals surface area contributed by atoms with Crippen LogP contribution >= 0.6 is 0 Å². The quantitative estimate of drug-likeness (QED) is 0.778. The Bertz CT molecular complexity index is 379. The molecule has 0 radical (unpaired) electrons.